The SMILES string of the molecule is COc1ccc2[nH]c(C3CCCN3)nc2n1. The number of aromatic amines is 1. The van der Waals surface area contributed by atoms with Crippen LogP contribution in [0.4, 0.5) is 0 Å². The number of methoxy groups -OCH3 is 1. The van der Waals surface area contributed by atoms with E-state index in [0.717, 1.165) is 30.0 Å². The van der Waals surface area contributed by atoms with E-state index in [-0.39, 0.29) is 0 Å². The maximum absolute atomic E-state index is 5.08. The van der Waals surface area contributed by atoms with Crippen molar-refractivity contribution in [2.75, 3.05) is 13.7 Å². The van der Waals surface area contributed by atoms with Crippen LogP contribution in [0.1, 0.15) is 24.7 Å². The molecule has 1 atom stereocenters. The number of nitrogens with zero attached hydrogens (tertiary/aromatic N) is 2. The smallest absolute Gasteiger partial charge is 0.215 e. The minimum absolute atomic E-state index is 0.347. The van der Waals surface area contributed by atoms with E-state index in [4.69, 9.17) is 4.74 Å². The van der Waals surface area contributed by atoms with Crippen molar-refractivity contribution in [1.29, 1.82) is 0 Å². The van der Waals surface area contributed by atoms with Crippen molar-refractivity contribution < 1.29 is 4.74 Å². The van der Waals surface area contributed by atoms with Crippen LogP contribution >= 0.6 is 0 Å². The number of aromatic nitrogens is 3. The van der Waals surface area contributed by atoms with Gasteiger partial charge in [-0.2, -0.15) is 4.98 Å². The zero-order valence-electron chi connectivity index (χ0n) is 9.16. The quantitative estimate of drug-likeness (QED) is 0.799. The van der Waals surface area contributed by atoms with E-state index >= 15 is 0 Å². The molecule has 0 bridgehead atoms. The number of fused-ring (bicyclic) bond motifs is 1. The zero-order valence-corrected chi connectivity index (χ0v) is 9.16. The van der Waals surface area contributed by atoms with Crippen molar-refractivity contribution in [2.24, 2.45) is 0 Å². The number of nitrogens with one attached hydrogen (secondary N) is 2. The summed E-state index contributed by atoms with van der Waals surface area (Å²) in [7, 11) is 1.61. The average molecular weight is 218 g/mol. The number of pyridine rings is 1. The molecule has 1 aliphatic rings. The fourth-order valence-electron chi connectivity index (χ4n) is 2.09. The molecule has 1 fully saturated rings. The van der Waals surface area contributed by atoms with Crippen molar-refractivity contribution in [3.63, 3.8) is 0 Å². The van der Waals surface area contributed by atoms with Gasteiger partial charge < -0.3 is 15.0 Å². The molecule has 1 saturated heterocycles. The van der Waals surface area contributed by atoms with Gasteiger partial charge in [-0.25, -0.2) is 4.98 Å². The van der Waals surface area contributed by atoms with Gasteiger partial charge in [0.1, 0.15) is 5.82 Å². The first-order chi connectivity index (χ1) is 7.86. The van der Waals surface area contributed by atoms with E-state index in [0.29, 0.717) is 11.9 Å². The second-order valence-electron chi connectivity index (χ2n) is 4.00. The fraction of sp³-hybridized carbons (Fsp3) is 0.455. The third-order valence-corrected chi connectivity index (χ3v) is 2.94. The molecule has 1 unspecified atom stereocenters. The topological polar surface area (TPSA) is 62.8 Å². The second kappa shape index (κ2) is 3.75. The lowest BCUT2D eigenvalue weighted by Gasteiger charge is -2.04. The van der Waals surface area contributed by atoms with Gasteiger partial charge in [0.15, 0.2) is 5.65 Å². The standard InChI is InChI=1S/C11H14N4O/c1-16-9-5-4-8-11(14-9)15-10(13-8)7-3-2-6-12-7/h4-5,7,12H,2-3,6H2,1H3,(H,13,14,15). The van der Waals surface area contributed by atoms with Crippen molar-refractivity contribution >= 4 is 11.2 Å². The van der Waals surface area contributed by atoms with Crippen LogP contribution in [0.3, 0.4) is 0 Å². The molecule has 2 aromatic heterocycles. The molecule has 2 N–H and O–H groups in total. The second-order valence-corrected chi connectivity index (χ2v) is 4.00. The highest BCUT2D eigenvalue weighted by Crippen LogP contribution is 2.23. The largest absolute Gasteiger partial charge is 0.481 e. The highest BCUT2D eigenvalue weighted by Gasteiger charge is 2.19. The molecule has 0 spiro atoms. The van der Waals surface area contributed by atoms with Gasteiger partial charge in [-0.3, -0.25) is 0 Å². The Kier molecular flexibility index (Phi) is 2.25. The maximum atomic E-state index is 5.08. The van der Waals surface area contributed by atoms with Crippen LogP contribution in [0.15, 0.2) is 12.1 Å². The predicted molar refractivity (Wildman–Crippen MR) is 60.4 cm³/mol. The van der Waals surface area contributed by atoms with Crippen molar-refractivity contribution in [2.45, 2.75) is 18.9 Å². The summed E-state index contributed by atoms with van der Waals surface area (Å²) in [4.78, 5) is 12.1. The van der Waals surface area contributed by atoms with Gasteiger partial charge in [0, 0.05) is 6.07 Å². The Balaban J connectivity index is 2.01. The molecule has 5 nitrogen and oxygen atoms in total. The molecule has 2 aromatic rings. The minimum atomic E-state index is 0.347. The van der Waals surface area contributed by atoms with Crippen LogP contribution in [-0.2, 0) is 0 Å². The van der Waals surface area contributed by atoms with E-state index in [2.05, 4.69) is 20.3 Å². The lowest BCUT2D eigenvalue weighted by atomic mass is 10.2. The lowest BCUT2D eigenvalue weighted by molar-refractivity contribution is 0.399. The third-order valence-electron chi connectivity index (χ3n) is 2.94. The number of hydrogen-bond acceptors (Lipinski definition) is 4. The zero-order chi connectivity index (χ0) is 11.0. The molecular weight excluding hydrogens is 204 g/mol. The van der Waals surface area contributed by atoms with E-state index in [1.807, 2.05) is 12.1 Å². The number of ether oxygens (including phenoxy) is 1. The number of hydrogen-bond donors (Lipinski definition) is 2. The summed E-state index contributed by atoms with van der Waals surface area (Å²) in [5.74, 6) is 1.58. The van der Waals surface area contributed by atoms with Crippen LogP contribution in [0.25, 0.3) is 11.2 Å². The van der Waals surface area contributed by atoms with Crippen LogP contribution in [0, 0.1) is 0 Å². The summed E-state index contributed by atoms with van der Waals surface area (Å²) in [5.41, 5.74) is 1.69. The summed E-state index contributed by atoms with van der Waals surface area (Å²) in [5, 5.41) is 3.41. The van der Waals surface area contributed by atoms with Crippen LogP contribution in [-0.4, -0.2) is 28.6 Å². The van der Waals surface area contributed by atoms with Crippen molar-refractivity contribution in [1.82, 2.24) is 20.3 Å². The molecule has 84 valence electrons. The van der Waals surface area contributed by atoms with Gasteiger partial charge >= 0.3 is 0 Å². The van der Waals surface area contributed by atoms with Gasteiger partial charge in [-0.15, -0.1) is 0 Å². The Morgan fingerprint density at radius 2 is 2.31 bits per heavy atom. The fourth-order valence-corrected chi connectivity index (χ4v) is 2.09. The van der Waals surface area contributed by atoms with Gasteiger partial charge in [0.25, 0.3) is 0 Å². The third kappa shape index (κ3) is 1.53. The number of imidazole rings is 1. The average Bonchev–Trinajstić information content (AvgIpc) is 2.96. The number of rotatable bonds is 2. The molecule has 0 radical (unpaired) electrons. The molecule has 3 heterocycles. The Bertz CT molecular complexity index is 502. The van der Waals surface area contributed by atoms with Gasteiger partial charge in [0.05, 0.1) is 18.7 Å². The minimum Gasteiger partial charge on any atom is -0.481 e. The van der Waals surface area contributed by atoms with E-state index in [1.165, 1.54) is 6.42 Å². The number of H-pyrrole nitrogens is 1. The molecular formula is C11H14N4O. The van der Waals surface area contributed by atoms with Crippen LogP contribution in [0.5, 0.6) is 5.88 Å². The Morgan fingerprint density at radius 1 is 1.38 bits per heavy atom. The molecule has 0 amide bonds. The van der Waals surface area contributed by atoms with Crippen LogP contribution < -0.4 is 10.1 Å². The summed E-state index contributed by atoms with van der Waals surface area (Å²) in [6.07, 6.45) is 2.34. The molecule has 16 heavy (non-hydrogen) atoms. The highest BCUT2D eigenvalue weighted by molar-refractivity contribution is 5.71. The first-order valence-electron chi connectivity index (χ1n) is 5.51. The van der Waals surface area contributed by atoms with E-state index < -0.39 is 0 Å². The Labute approximate surface area is 93.2 Å². The molecule has 3 rings (SSSR count). The van der Waals surface area contributed by atoms with E-state index in [1.54, 1.807) is 7.11 Å². The normalized spacial score (nSPS) is 20.4. The Hall–Kier alpha value is -1.62. The van der Waals surface area contributed by atoms with Gasteiger partial charge in [0.2, 0.25) is 5.88 Å². The highest BCUT2D eigenvalue weighted by atomic mass is 16.5. The summed E-state index contributed by atoms with van der Waals surface area (Å²) in [6.45, 7) is 1.07. The Morgan fingerprint density at radius 3 is 3.06 bits per heavy atom. The summed E-state index contributed by atoms with van der Waals surface area (Å²) in [6, 6.07) is 4.14. The van der Waals surface area contributed by atoms with Gasteiger partial charge in [-0.05, 0) is 25.5 Å². The van der Waals surface area contributed by atoms with Crippen LogP contribution in [0.2, 0.25) is 0 Å². The van der Waals surface area contributed by atoms with Gasteiger partial charge in [-0.1, -0.05) is 0 Å². The predicted octanol–water partition coefficient (Wildman–Crippen LogP) is 1.39. The monoisotopic (exact) mass is 218 g/mol. The van der Waals surface area contributed by atoms with E-state index in [9.17, 15) is 0 Å². The molecule has 5 heteroatoms. The molecule has 1 aliphatic heterocycles. The first kappa shape index (κ1) is 9.59. The molecule has 0 saturated carbocycles. The van der Waals surface area contributed by atoms with Crippen molar-refractivity contribution in [3.05, 3.63) is 18.0 Å². The summed E-state index contributed by atoms with van der Waals surface area (Å²) < 4.78 is 5.08. The first-order valence-corrected chi connectivity index (χ1v) is 5.51. The lowest BCUT2D eigenvalue weighted by Crippen LogP contribution is -2.14. The van der Waals surface area contributed by atoms with Crippen molar-refractivity contribution in [3.8, 4) is 5.88 Å². The molecule has 0 aliphatic carbocycles. The summed E-state index contributed by atoms with van der Waals surface area (Å²) >= 11 is 0. The molecule has 0 aromatic carbocycles. The maximum Gasteiger partial charge on any atom is 0.215 e.